The zero-order chi connectivity index (χ0) is 11.7. The predicted molar refractivity (Wildman–Crippen MR) is 72.2 cm³/mol. The molecule has 88 valence electrons. The zero-order valence-electron chi connectivity index (χ0n) is 9.58. The van der Waals surface area contributed by atoms with E-state index in [1.54, 1.807) is 6.20 Å². The number of hydrogen-bond acceptors (Lipinski definition) is 2. The molecule has 1 aliphatic rings. The summed E-state index contributed by atoms with van der Waals surface area (Å²) in [5.74, 6) is 1.67. The Morgan fingerprint density at radius 2 is 2.25 bits per heavy atom. The molecule has 0 N–H and O–H groups in total. The molecule has 0 bridgehead atoms. The molecule has 0 unspecified atom stereocenters. The summed E-state index contributed by atoms with van der Waals surface area (Å²) in [6.45, 7) is 5.52. The van der Waals surface area contributed by atoms with E-state index < -0.39 is 0 Å². The lowest BCUT2D eigenvalue weighted by atomic mass is 10.2. The number of hydrogen-bond donors (Lipinski definition) is 0. The van der Waals surface area contributed by atoms with Gasteiger partial charge in [0.25, 0.3) is 0 Å². The summed E-state index contributed by atoms with van der Waals surface area (Å²) in [5.41, 5.74) is 0. The summed E-state index contributed by atoms with van der Waals surface area (Å²) in [7, 11) is 0. The van der Waals surface area contributed by atoms with Gasteiger partial charge in [-0.3, -0.25) is 0 Å². The largest absolute Gasteiger partial charge is 0.352 e. The third-order valence-corrected chi connectivity index (χ3v) is 3.40. The summed E-state index contributed by atoms with van der Waals surface area (Å²) in [6, 6.07) is 2.59. The Morgan fingerprint density at radius 3 is 2.75 bits per heavy atom. The number of anilines is 1. The van der Waals surface area contributed by atoms with E-state index in [0.29, 0.717) is 17.0 Å². The van der Waals surface area contributed by atoms with E-state index in [0.717, 1.165) is 16.8 Å². The van der Waals surface area contributed by atoms with Gasteiger partial charge in [0, 0.05) is 18.8 Å². The third-order valence-electron chi connectivity index (χ3n) is 2.61. The third kappa shape index (κ3) is 2.89. The summed E-state index contributed by atoms with van der Waals surface area (Å²) in [6.07, 6.45) is 4.28. The van der Waals surface area contributed by atoms with Gasteiger partial charge < -0.3 is 4.90 Å². The van der Waals surface area contributed by atoms with Crippen LogP contribution in [0.15, 0.2) is 16.7 Å². The SMILES string of the molecule is CC(C)CN(c1ncc(Cl)cc1Br)C1CC1. The van der Waals surface area contributed by atoms with Gasteiger partial charge in [-0.25, -0.2) is 4.98 Å². The lowest BCUT2D eigenvalue weighted by Crippen LogP contribution is -2.30. The van der Waals surface area contributed by atoms with Crippen molar-refractivity contribution in [2.45, 2.75) is 32.7 Å². The second-order valence-electron chi connectivity index (χ2n) is 4.74. The van der Waals surface area contributed by atoms with Crippen LogP contribution in [0, 0.1) is 5.92 Å². The maximum Gasteiger partial charge on any atom is 0.143 e. The molecule has 0 radical (unpaired) electrons. The van der Waals surface area contributed by atoms with Gasteiger partial charge in [0.2, 0.25) is 0 Å². The molecule has 1 aliphatic carbocycles. The van der Waals surface area contributed by atoms with Gasteiger partial charge in [-0.1, -0.05) is 25.4 Å². The Kier molecular flexibility index (Phi) is 3.75. The molecule has 2 nitrogen and oxygen atoms in total. The molecule has 1 saturated carbocycles. The highest BCUT2D eigenvalue weighted by atomic mass is 79.9. The van der Waals surface area contributed by atoms with Crippen LogP contribution in [-0.4, -0.2) is 17.6 Å². The first-order valence-electron chi connectivity index (χ1n) is 5.65. The van der Waals surface area contributed by atoms with E-state index in [9.17, 15) is 0 Å². The second-order valence-corrected chi connectivity index (χ2v) is 6.03. The first kappa shape index (κ1) is 12.2. The van der Waals surface area contributed by atoms with Gasteiger partial charge in [0.1, 0.15) is 5.82 Å². The molecule has 1 fully saturated rings. The number of aromatic nitrogens is 1. The van der Waals surface area contributed by atoms with E-state index in [4.69, 9.17) is 11.6 Å². The lowest BCUT2D eigenvalue weighted by molar-refractivity contribution is 0.602. The smallest absolute Gasteiger partial charge is 0.143 e. The Hall–Kier alpha value is -0.280. The number of halogens is 2. The number of pyridine rings is 1. The van der Waals surface area contributed by atoms with Crippen LogP contribution in [0.3, 0.4) is 0 Å². The lowest BCUT2D eigenvalue weighted by Gasteiger charge is -2.26. The highest BCUT2D eigenvalue weighted by Gasteiger charge is 2.31. The minimum Gasteiger partial charge on any atom is -0.352 e. The first-order valence-corrected chi connectivity index (χ1v) is 6.82. The first-order chi connectivity index (χ1) is 7.58. The molecule has 1 aromatic rings. The van der Waals surface area contributed by atoms with Crippen molar-refractivity contribution < 1.29 is 0 Å². The average Bonchev–Trinajstić information content (AvgIpc) is 2.97. The standard InChI is InChI=1S/C12H16BrClN2/c1-8(2)7-16(10-3-4-10)12-11(13)5-9(14)6-15-12/h5-6,8,10H,3-4,7H2,1-2H3. The van der Waals surface area contributed by atoms with Crippen molar-refractivity contribution in [3.63, 3.8) is 0 Å². The molecule has 0 aromatic carbocycles. The molecule has 0 amide bonds. The van der Waals surface area contributed by atoms with Crippen molar-refractivity contribution >= 4 is 33.3 Å². The van der Waals surface area contributed by atoms with Crippen LogP contribution in [0.4, 0.5) is 5.82 Å². The highest BCUT2D eigenvalue weighted by Crippen LogP contribution is 2.35. The van der Waals surface area contributed by atoms with E-state index >= 15 is 0 Å². The van der Waals surface area contributed by atoms with Crippen molar-refractivity contribution in [3.8, 4) is 0 Å². The van der Waals surface area contributed by atoms with Crippen molar-refractivity contribution in [2.24, 2.45) is 5.92 Å². The van der Waals surface area contributed by atoms with Crippen LogP contribution in [0.25, 0.3) is 0 Å². The monoisotopic (exact) mass is 302 g/mol. The molecule has 0 spiro atoms. The number of rotatable bonds is 4. The molecule has 0 atom stereocenters. The molecule has 1 aromatic heterocycles. The molecule has 0 aliphatic heterocycles. The van der Waals surface area contributed by atoms with Gasteiger partial charge in [-0.05, 0) is 40.8 Å². The van der Waals surface area contributed by atoms with Gasteiger partial charge in [-0.2, -0.15) is 0 Å². The van der Waals surface area contributed by atoms with E-state index in [1.807, 2.05) is 6.07 Å². The Morgan fingerprint density at radius 1 is 1.56 bits per heavy atom. The van der Waals surface area contributed by atoms with Crippen molar-refractivity contribution in [2.75, 3.05) is 11.4 Å². The maximum atomic E-state index is 5.91. The molecule has 1 heterocycles. The van der Waals surface area contributed by atoms with Gasteiger partial charge in [-0.15, -0.1) is 0 Å². The molecule has 0 saturated heterocycles. The van der Waals surface area contributed by atoms with Crippen LogP contribution in [0.2, 0.25) is 5.02 Å². The fraction of sp³-hybridized carbons (Fsp3) is 0.583. The average molecular weight is 304 g/mol. The van der Waals surface area contributed by atoms with E-state index in [1.165, 1.54) is 12.8 Å². The van der Waals surface area contributed by atoms with Crippen LogP contribution < -0.4 is 4.90 Å². The normalized spacial score (nSPS) is 15.6. The van der Waals surface area contributed by atoms with Gasteiger partial charge in [0.15, 0.2) is 0 Å². The molecule has 2 rings (SSSR count). The van der Waals surface area contributed by atoms with Gasteiger partial charge in [0.05, 0.1) is 9.50 Å². The number of nitrogens with zero attached hydrogens (tertiary/aromatic N) is 2. The van der Waals surface area contributed by atoms with Gasteiger partial charge >= 0.3 is 0 Å². The topological polar surface area (TPSA) is 16.1 Å². The van der Waals surface area contributed by atoms with Crippen LogP contribution in [0.1, 0.15) is 26.7 Å². The summed E-state index contributed by atoms with van der Waals surface area (Å²) in [5, 5.41) is 0.677. The fourth-order valence-electron chi connectivity index (χ4n) is 1.81. The molecular weight excluding hydrogens is 288 g/mol. The minimum absolute atomic E-state index is 0.643. The summed E-state index contributed by atoms with van der Waals surface area (Å²) >= 11 is 9.46. The van der Waals surface area contributed by atoms with Crippen molar-refractivity contribution in [1.82, 2.24) is 4.98 Å². The Balaban J connectivity index is 2.24. The highest BCUT2D eigenvalue weighted by molar-refractivity contribution is 9.10. The quantitative estimate of drug-likeness (QED) is 0.831. The minimum atomic E-state index is 0.643. The summed E-state index contributed by atoms with van der Waals surface area (Å²) in [4.78, 5) is 6.83. The molecular formula is C12H16BrClN2. The van der Waals surface area contributed by atoms with Crippen LogP contribution in [-0.2, 0) is 0 Å². The Labute approximate surface area is 110 Å². The second kappa shape index (κ2) is 4.92. The molecule has 16 heavy (non-hydrogen) atoms. The predicted octanol–water partition coefficient (Wildman–Crippen LogP) is 4.12. The fourth-order valence-corrected chi connectivity index (χ4v) is 2.67. The Bertz CT molecular complexity index is 377. The molecule has 4 heteroatoms. The zero-order valence-corrected chi connectivity index (χ0v) is 11.9. The van der Waals surface area contributed by atoms with Crippen LogP contribution >= 0.6 is 27.5 Å². The van der Waals surface area contributed by atoms with E-state index in [2.05, 4.69) is 39.7 Å². The van der Waals surface area contributed by atoms with E-state index in [-0.39, 0.29) is 0 Å². The summed E-state index contributed by atoms with van der Waals surface area (Å²) < 4.78 is 0.993. The van der Waals surface area contributed by atoms with Crippen molar-refractivity contribution in [3.05, 3.63) is 21.8 Å². The van der Waals surface area contributed by atoms with Crippen LogP contribution in [0.5, 0.6) is 0 Å². The maximum absolute atomic E-state index is 5.91. The van der Waals surface area contributed by atoms with Crippen molar-refractivity contribution in [1.29, 1.82) is 0 Å².